The quantitative estimate of drug-likeness (QED) is 0.807. The molecule has 0 aliphatic heterocycles. The third-order valence-corrected chi connectivity index (χ3v) is 3.53. The molecule has 98 valence electrons. The highest BCUT2D eigenvalue weighted by molar-refractivity contribution is 5.80. The van der Waals surface area contributed by atoms with E-state index < -0.39 is 0 Å². The van der Waals surface area contributed by atoms with Crippen LogP contribution >= 0.6 is 0 Å². The van der Waals surface area contributed by atoms with Crippen LogP contribution in [0.25, 0.3) is 0 Å². The van der Waals surface area contributed by atoms with Gasteiger partial charge in [0.05, 0.1) is 12.1 Å². The topological polar surface area (TPSA) is 50.4 Å². The first kappa shape index (κ1) is 12.9. The molecule has 1 aliphatic carbocycles. The molecule has 0 unspecified atom stereocenters. The van der Waals surface area contributed by atoms with Gasteiger partial charge < -0.3 is 15.4 Å². The fourth-order valence-electron chi connectivity index (χ4n) is 2.08. The van der Waals surface area contributed by atoms with Gasteiger partial charge in [-0.1, -0.05) is 18.2 Å². The summed E-state index contributed by atoms with van der Waals surface area (Å²) in [5, 5.41) is 6.00. The number of para-hydroxylation sites is 1. The van der Waals surface area contributed by atoms with Crippen LogP contribution in [-0.4, -0.2) is 31.7 Å². The molecular formula is C14H20N2O2. The van der Waals surface area contributed by atoms with Crippen molar-refractivity contribution in [1.29, 1.82) is 0 Å². The Bertz CT molecular complexity index is 383. The van der Waals surface area contributed by atoms with Gasteiger partial charge >= 0.3 is 0 Å². The Morgan fingerprint density at radius 2 is 2.06 bits per heavy atom. The second kappa shape index (κ2) is 5.87. The van der Waals surface area contributed by atoms with Crippen LogP contribution in [0.3, 0.4) is 0 Å². The molecule has 4 nitrogen and oxygen atoms in total. The van der Waals surface area contributed by atoms with Crippen LogP contribution in [0.1, 0.15) is 19.3 Å². The van der Waals surface area contributed by atoms with Crippen LogP contribution in [0.5, 0.6) is 0 Å². The van der Waals surface area contributed by atoms with Crippen molar-refractivity contribution in [3.8, 4) is 0 Å². The molecule has 0 saturated heterocycles. The van der Waals surface area contributed by atoms with Crippen LogP contribution in [0.2, 0.25) is 0 Å². The van der Waals surface area contributed by atoms with Crippen LogP contribution in [0.4, 0.5) is 5.69 Å². The highest BCUT2D eigenvalue weighted by Gasteiger charge is 2.37. The van der Waals surface area contributed by atoms with E-state index >= 15 is 0 Å². The molecule has 1 aromatic rings. The SMILES string of the molecule is COC1(CNC(=O)CNc2ccccc2)CCC1. The molecule has 1 aromatic carbocycles. The lowest BCUT2D eigenvalue weighted by molar-refractivity contribution is -0.123. The van der Waals surface area contributed by atoms with Crippen LogP contribution in [-0.2, 0) is 9.53 Å². The van der Waals surface area contributed by atoms with Gasteiger partial charge in [-0.05, 0) is 31.4 Å². The number of carbonyl (C=O) groups is 1. The summed E-state index contributed by atoms with van der Waals surface area (Å²) in [4.78, 5) is 11.7. The Hall–Kier alpha value is -1.55. The third-order valence-electron chi connectivity index (χ3n) is 3.53. The molecule has 1 amide bonds. The van der Waals surface area contributed by atoms with Crippen molar-refractivity contribution in [2.75, 3.05) is 25.5 Å². The van der Waals surface area contributed by atoms with Crippen LogP contribution < -0.4 is 10.6 Å². The lowest BCUT2D eigenvalue weighted by atomic mass is 9.80. The third kappa shape index (κ3) is 3.23. The minimum Gasteiger partial charge on any atom is -0.376 e. The number of carbonyl (C=O) groups excluding carboxylic acids is 1. The van der Waals surface area contributed by atoms with Gasteiger partial charge in [-0.25, -0.2) is 0 Å². The predicted molar refractivity (Wildman–Crippen MR) is 71.5 cm³/mol. The summed E-state index contributed by atoms with van der Waals surface area (Å²) in [5.74, 6) is 0.00202. The Morgan fingerprint density at radius 1 is 1.33 bits per heavy atom. The van der Waals surface area contributed by atoms with E-state index in [0.717, 1.165) is 18.5 Å². The summed E-state index contributed by atoms with van der Waals surface area (Å²) in [5.41, 5.74) is 0.848. The molecule has 2 N–H and O–H groups in total. The van der Waals surface area contributed by atoms with Gasteiger partial charge in [0.25, 0.3) is 0 Å². The first-order valence-corrected chi connectivity index (χ1v) is 6.35. The molecule has 4 heteroatoms. The number of benzene rings is 1. The zero-order chi connectivity index (χ0) is 12.8. The van der Waals surface area contributed by atoms with Crippen molar-refractivity contribution in [1.82, 2.24) is 5.32 Å². The maximum absolute atomic E-state index is 11.7. The van der Waals surface area contributed by atoms with Crippen molar-refractivity contribution in [2.24, 2.45) is 0 Å². The van der Waals surface area contributed by atoms with E-state index in [1.165, 1.54) is 6.42 Å². The summed E-state index contributed by atoms with van der Waals surface area (Å²) in [6.07, 6.45) is 3.26. The highest BCUT2D eigenvalue weighted by Crippen LogP contribution is 2.34. The Labute approximate surface area is 108 Å². The minimum atomic E-state index is -0.109. The second-order valence-corrected chi connectivity index (χ2v) is 4.74. The van der Waals surface area contributed by atoms with Gasteiger partial charge in [-0.3, -0.25) is 4.79 Å². The Kier molecular flexibility index (Phi) is 4.20. The molecular weight excluding hydrogens is 228 g/mol. The summed E-state index contributed by atoms with van der Waals surface area (Å²) < 4.78 is 5.45. The van der Waals surface area contributed by atoms with E-state index in [4.69, 9.17) is 4.74 Å². The molecule has 18 heavy (non-hydrogen) atoms. The lowest BCUT2D eigenvalue weighted by Gasteiger charge is -2.40. The molecule has 1 saturated carbocycles. The largest absolute Gasteiger partial charge is 0.376 e. The number of ether oxygens (including phenoxy) is 1. The number of rotatable bonds is 6. The van der Waals surface area contributed by atoms with Gasteiger partial charge in [-0.2, -0.15) is 0 Å². The second-order valence-electron chi connectivity index (χ2n) is 4.74. The molecule has 1 fully saturated rings. The first-order chi connectivity index (χ1) is 8.74. The molecule has 0 heterocycles. The van der Waals surface area contributed by atoms with Crippen molar-refractivity contribution < 1.29 is 9.53 Å². The van der Waals surface area contributed by atoms with Crippen LogP contribution in [0.15, 0.2) is 30.3 Å². The minimum absolute atomic E-state index is 0.00202. The number of nitrogens with one attached hydrogen (secondary N) is 2. The van der Waals surface area contributed by atoms with E-state index in [-0.39, 0.29) is 11.5 Å². The Balaban J connectivity index is 1.69. The maximum Gasteiger partial charge on any atom is 0.239 e. The van der Waals surface area contributed by atoms with E-state index in [2.05, 4.69) is 10.6 Å². The van der Waals surface area contributed by atoms with E-state index in [1.807, 2.05) is 30.3 Å². The number of hydrogen-bond acceptors (Lipinski definition) is 3. The molecule has 0 atom stereocenters. The van der Waals surface area contributed by atoms with Crippen molar-refractivity contribution in [3.63, 3.8) is 0 Å². The number of hydrogen-bond donors (Lipinski definition) is 2. The van der Waals surface area contributed by atoms with Gasteiger partial charge in [0.15, 0.2) is 0 Å². The lowest BCUT2D eigenvalue weighted by Crippen LogP contribution is -2.50. The van der Waals surface area contributed by atoms with Gasteiger partial charge in [-0.15, -0.1) is 0 Å². The Morgan fingerprint density at radius 3 is 2.61 bits per heavy atom. The summed E-state index contributed by atoms with van der Waals surface area (Å²) in [6, 6.07) is 9.71. The average molecular weight is 248 g/mol. The fraction of sp³-hybridized carbons (Fsp3) is 0.500. The monoisotopic (exact) mass is 248 g/mol. The van der Waals surface area contributed by atoms with Gasteiger partial charge in [0, 0.05) is 19.3 Å². The zero-order valence-electron chi connectivity index (χ0n) is 10.7. The van der Waals surface area contributed by atoms with Crippen molar-refractivity contribution in [3.05, 3.63) is 30.3 Å². The summed E-state index contributed by atoms with van der Waals surface area (Å²) in [6.45, 7) is 0.905. The maximum atomic E-state index is 11.7. The highest BCUT2D eigenvalue weighted by atomic mass is 16.5. The van der Waals surface area contributed by atoms with E-state index in [1.54, 1.807) is 7.11 Å². The fourth-order valence-corrected chi connectivity index (χ4v) is 2.08. The molecule has 1 aliphatic rings. The van der Waals surface area contributed by atoms with E-state index in [0.29, 0.717) is 13.1 Å². The summed E-state index contributed by atoms with van der Waals surface area (Å²) in [7, 11) is 1.72. The van der Waals surface area contributed by atoms with Crippen molar-refractivity contribution >= 4 is 11.6 Å². The zero-order valence-corrected chi connectivity index (χ0v) is 10.7. The first-order valence-electron chi connectivity index (χ1n) is 6.35. The molecule has 0 bridgehead atoms. The standard InChI is InChI=1S/C14H20N2O2/c1-18-14(8-5-9-14)11-16-13(17)10-15-12-6-3-2-4-7-12/h2-4,6-7,15H,5,8-11H2,1H3,(H,16,17). The number of methoxy groups -OCH3 is 1. The van der Waals surface area contributed by atoms with Gasteiger partial charge in [0.1, 0.15) is 0 Å². The van der Waals surface area contributed by atoms with Crippen molar-refractivity contribution in [2.45, 2.75) is 24.9 Å². The normalized spacial score (nSPS) is 16.7. The number of anilines is 1. The smallest absolute Gasteiger partial charge is 0.239 e. The molecule has 0 aromatic heterocycles. The van der Waals surface area contributed by atoms with E-state index in [9.17, 15) is 4.79 Å². The summed E-state index contributed by atoms with van der Waals surface area (Å²) >= 11 is 0. The van der Waals surface area contributed by atoms with Gasteiger partial charge in [0.2, 0.25) is 5.91 Å². The predicted octanol–water partition coefficient (Wildman–Crippen LogP) is 1.78. The molecule has 2 rings (SSSR count). The molecule has 0 spiro atoms. The number of amides is 1. The average Bonchev–Trinajstić information content (AvgIpc) is 2.37. The molecule has 0 radical (unpaired) electrons. The van der Waals surface area contributed by atoms with Crippen LogP contribution in [0, 0.1) is 0 Å².